The summed E-state index contributed by atoms with van der Waals surface area (Å²) in [6.07, 6.45) is 6.45. The molecule has 0 amide bonds. The minimum atomic E-state index is -0.497. The average molecular weight is 273 g/mol. The van der Waals surface area contributed by atoms with Gasteiger partial charge in [0, 0.05) is 6.54 Å². The number of aliphatic hydroxyl groups excluding tert-OH is 1. The molecule has 0 spiro atoms. The third-order valence-corrected chi connectivity index (χ3v) is 3.74. The first-order valence-electron chi connectivity index (χ1n) is 7.04. The molecule has 3 nitrogen and oxygen atoms in total. The number of rotatable bonds is 8. The second-order valence-corrected chi connectivity index (χ2v) is 5.26. The topological polar surface area (TPSA) is 38.1 Å². The molecule has 0 radical (unpaired) electrons. The monoisotopic (exact) mass is 272 g/mol. The predicted molar refractivity (Wildman–Crippen MR) is 75.8 cm³/mol. The van der Waals surface area contributed by atoms with Crippen LogP contribution in [-0.2, 0) is 6.54 Å². The van der Waals surface area contributed by atoms with E-state index in [1.807, 2.05) is 4.68 Å². The van der Waals surface area contributed by atoms with Crippen LogP contribution in [0.4, 0.5) is 0 Å². The number of aryl methyl sites for hydroxylation is 1. The van der Waals surface area contributed by atoms with E-state index < -0.39 is 6.10 Å². The lowest BCUT2D eigenvalue weighted by Crippen LogP contribution is -2.17. The quantitative estimate of drug-likeness (QED) is 0.770. The first-order chi connectivity index (χ1) is 8.65. The van der Waals surface area contributed by atoms with Crippen LogP contribution in [0.25, 0.3) is 0 Å². The molecule has 1 aromatic heterocycles. The highest BCUT2D eigenvalue weighted by Crippen LogP contribution is 2.33. The molecule has 1 N–H and O–H groups in total. The minimum Gasteiger partial charge on any atom is -0.386 e. The highest BCUT2D eigenvalue weighted by atomic mass is 35.5. The average Bonchev–Trinajstić information content (AvgIpc) is 2.72. The van der Waals surface area contributed by atoms with E-state index in [9.17, 15) is 5.11 Å². The van der Waals surface area contributed by atoms with Gasteiger partial charge >= 0.3 is 0 Å². The standard InChI is InChI=1S/C14H25ClN2O/c1-4-7-8-11(6-3)14(18)13-12(15)10-16-17(13)9-5-2/h10-11,14,18H,4-9H2,1-3H3. The van der Waals surface area contributed by atoms with Gasteiger partial charge in [-0.05, 0) is 18.8 Å². The van der Waals surface area contributed by atoms with Crippen molar-refractivity contribution in [3.05, 3.63) is 16.9 Å². The van der Waals surface area contributed by atoms with E-state index in [0.717, 1.165) is 44.3 Å². The molecule has 1 aromatic rings. The summed E-state index contributed by atoms with van der Waals surface area (Å²) >= 11 is 6.17. The molecular weight excluding hydrogens is 248 g/mol. The summed E-state index contributed by atoms with van der Waals surface area (Å²) in [5.74, 6) is 0.273. The molecule has 0 saturated heterocycles. The van der Waals surface area contributed by atoms with Gasteiger partial charge in [-0.1, -0.05) is 51.6 Å². The van der Waals surface area contributed by atoms with E-state index >= 15 is 0 Å². The molecule has 1 heterocycles. The largest absolute Gasteiger partial charge is 0.386 e. The Morgan fingerprint density at radius 1 is 1.33 bits per heavy atom. The number of aliphatic hydroxyl groups is 1. The van der Waals surface area contributed by atoms with E-state index in [0.29, 0.717) is 5.02 Å². The van der Waals surface area contributed by atoms with Crippen molar-refractivity contribution in [1.82, 2.24) is 9.78 Å². The molecule has 0 fully saturated rings. The Hall–Kier alpha value is -0.540. The summed E-state index contributed by atoms with van der Waals surface area (Å²) in [7, 11) is 0. The predicted octanol–water partition coefficient (Wildman–Crippen LogP) is 4.20. The fourth-order valence-corrected chi connectivity index (χ4v) is 2.58. The van der Waals surface area contributed by atoms with Crippen molar-refractivity contribution in [1.29, 1.82) is 0 Å². The van der Waals surface area contributed by atoms with Crippen molar-refractivity contribution >= 4 is 11.6 Å². The molecule has 0 aliphatic carbocycles. The molecule has 0 saturated carbocycles. The number of hydrogen-bond donors (Lipinski definition) is 1. The Balaban J connectivity index is 2.85. The van der Waals surface area contributed by atoms with Crippen LogP contribution in [0.5, 0.6) is 0 Å². The Kier molecular flexibility index (Phi) is 6.72. The minimum absolute atomic E-state index is 0.273. The van der Waals surface area contributed by atoms with Gasteiger partial charge in [0.25, 0.3) is 0 Å². The summed E-state index contributed by atoms with van der Waals surface area (Å²) < 4.78 is 1.85. The highest BCUT2D eigenvalue weighted by molar-refractivity contribution is 6.31. The van der Waals surface area contributed by atoms with E-state index in [2.05, 4.69) is 25.9 Å². The van der Waals surface area contributed by atoms with Crippen LogP contribution < -0.4 is 0 Å². The smallest absolute Gasteiger partial charge is 0.0999 e. The molecule has 0 aliphatic rings. The second kappa shape index (κ2) is 7.80. The number of halogens is 1. The summed E-state index contributed by atoms with van der Waals surface area (Å²) in [5, 5.41) is 15.4. The van der Waals surface area contributed by atoms with Gasteiger partial charge in [-0.2, -0.15) is 5.10 Å². The zero-order valence-electron chi connectivity index (χ0n) is 11.7. The summed E-state index contributed by atoms with van der Waals surface area (Å²) in [4.78, 5) is 0. The molecule has 4 heteroatoms. The Labute approximate surface area is 115 Å². The summed E-state index contributed by atoms with van der Waals surface area (Å²) in [6, 6.07) is 0. The van der Waals surface area contributed by atoms with Gasteiger partial charge in [0.05, 0.1) is 23.0 Å². The van der Waals surface area contributed by atoms with Crippen molar-refractivity contribution in [3.8, 4) is 0 Å². The van der Waals surface area contributed by atoms with Gasteiger partial charge in [-0.25, -0.2) is 0 Å². The third-order valence-electron chi connectivity index (χ3n) is 3.45. The Morgan fingerprint density at radius 2 is 2.06 bits per heavy atom. The summed E-state index contributed by atoms with van der Waals surface area (Å²) in [6.45, 7) is 7.20. The van der Waals surface area contributed by atoms with Crippen molar-refractivity contribution in [2.45, 2.75) is 65.5 Å². The van der Waals surface area contributed by atoms with E-state index in [-0.39, 0.29) is 5.92 Å². The van der Waals surface area contributed by atoms with Crippen molar-refractivity contribution < 1.29 is 5.11 Å². The summed E-state index contributed by atoms with van der Waals surface area (Å²) in [5.41, 5.74) is 0.793. The highest BCUT2D eigenvalue weighted by Gasteiger charge is 2.24. The first-order valence-corrected chi connectivity index (χ1v) is 7.42. The number of unbranched alkanes of at least 4 members (excludes halogenated alkanes) is 1. The molecular formula is C14H25ClN2O. The maximum atomic E-state index is 10.5. The molecule has 2 atom stereocenters. The number of hydrogen-bond acceptors (Lipinski definition) is 2. The van der Waals surface area contributed by atoms with E-state index in [4.69, 9.17) is 11.6 Å². The lowest BCUT2D eigenvalue weighted by atomic mass is 9.91. The number of nitrogens with zero attached hydrogens (tertiary/aromatic N) is 2. The fraction of sp³-hybridized carbons (Fsp3) is 0.786. The van der Waals surface area contributed by atoms with E-state index in [1.165, 1.54) is 0 Å². The molecule has 104 valence electrons. The van der Waals surface area contributed by atoms with Gasteiger partial charge in [-0.15, -0.1) is 0 Å². The SMILES string of the molecule is CCCCC(CC)C(O)c1c(Cl)cnn1CCC. The van der Waals surface area contributed by atoms with Gasteiger partial charge in [0.2, 0.25) is 0 Å². The molecule has 18 heavy (non-hydrogen) atoms. The lowest BCUT2D eigenvalue weighted by Gasteiger charge is -2.22. The van der Waals surface area contributed by atoms with Crippen molar-refractivity contribution in [3.63, 3.8) is 0 Å². The lowest BCUT2D eigenvalue weighted by molar-refractivity contribution is 0.0900. The van der Waals surface area contributed by atoms with Gasteiger partial charge < -0.3 is 5.11 Å². The Morgan fingerprint density at radius 3 is 2.61 bits per heavy atom. The number of aromatic nitrogens is 2. The first kappa shape index (κ1) is 15.5. The van der Waals surface area contributed by atoms with Gasteiger partial charge in [0.15, 0.2) is 0 Å². The maximum absolute atomic E-state index is 10.5. The maximum Gasteiger partial charge on any atom is 0.0999 e. The molecule has 2 unspecified atom stereocenters. The van der Waals surface area contributed by atoms with Crippen LogP contribution in [0, 0.1) is 5.92 Å². The second-order valence-electron chi connectivity index (χ2n) is 4.86. The normalized spacial score (nSPS) is 14.7. The Bertz CT molecular complexity index is 352. The molecule has 0 aliphatic heterocycles. The van der Waals surface area contributed by atoms with Crippen LogP contribution in [0.3, 0.4) is 0 Å². The molecule has 0 bridgehead atoms. The molecule has 1 rings (SSSR count). The van der Waals surface area contributed by atoms with Crippen LogP contribution in [0.2, 0.25) is 5.02 Å². The van der Waals surface area contributed by atoms with Crippen molar-refractivity contribution in [2.24, 2.45) is 5.92 Å². The molecule has 0 aromatic carbocycles. The van der Waals surface area contributed by atoms with Crippen LogP contribution in [0.15, 0.2) is 6.20 Å². The van der Waals surface area contributed by atoms with Crippen LogP contribution in [0.1, 0.15) is 64.7 Å². The van der Waals surface area contributed by atoms with E-state index in [1.54, 1.807) is 6.20 Å². The third kappa shape index (κ3) is 3.72. The van der Waals surface area contributed by atoms with Gasteiger partial charge in [0.1, 0.15) is 0 Å². The van der Waals surface area contributed by atoms with Crippen molar-refractivity contribution in [2.75, 3.05) is 0 Å². The zero-order valence-corrected chi connectivity index (χ0v) is 12.5. The fourth-order valence-electron chi connectivity index (χ4n) is 2.33. The van der Waals surface area contributed by atoms with Crippen LogP contribution in [-0.4, -0.2) is 14.9 Å². The van der Waals surface area contributed by atoms with Gasteiger partial charge in [-0.3, -0.25) is 4.68 Å². The zero-order chi connectivity index (χ0) is 13.5. The van der Waals surface area contributed by atoms with Crippen LogP contribution >= 0.6 is 11.6 Å².